The summed E-state index contributed by atoms with van der Waals surface area (Å²) in [5, 5.41) is 4.87. The first-order valence-electron chi connectivity index (χ1n) is 7.39. The summed E-state index contributed by atoms with van der Waals surface area (Å²) in [5.41, 5.74) is 0.888. The van der Waals surface area contributed by atoms with Crippen molar-refractivity contribution in [2.24, 2.45) is 0 Å². The molecular formula is C17H18N2O3S. The highest BCUT2D eigenvalue weighted by atomic mass is 32.1. The normalized spacial score (nSPS) is 21.3. The molecule has 1 N–H and O–H groups in total. The zero-order valence-electron chi connectivity index (χ0n) is 12.8. The molecule has 2 atom stereocenters. The van der Waals surface area contributed by atoms with Crippen LogP contribution in [0.4, 0.5) is 0 Å². The lowest BCUT2D eigenvalue weighted by molar-refractivity contribution is -0.162. The minimum atomic E-state index is -0.708. The van der Waals surface area contributed by atoms with E-state index >= 15 is 0 Å². The summed E-state index contributed by atoms with van der Waals surface area (Å²) in [6, 6.07) is 13.0. The Hall–Kier alpha value is -2.18. The molecule has 0 spiro atoms. The molecule has 0 radical (unpaired) electrons. The molecular weight excluding hydrogens is 312 g/mol. The third kappa shape index (κ3) is 3.43. The van der Waals surface area contributed by atoms with Gasteiger partial charge in [-0.15, -0.1) is 11.3 Å². The van der Waals surface area contributed by atoms with Crippen molar-refractivity contribution in [3.05, 3.63) is 58.3 Å². The van der Waals surface area contributed by atoms with E-state index in [1.165, 1.54) is 0 Å². The summed E-state index contributed by atoms with van der Waals surface area (Å²) in [4.78, 5) is 27.2. The molecule has 2 heterocycles. The third-order valence-corrected chi connectivity index (χ3v) is 4.78. The first-order chi connectivity index (χ1) is 11.2. The molecule has 0 saturated carbocycles. The molecule has 3 rings (SSSR count). The molecule has 1 aromatic carbocycles. The number of morpholine rings is 1. The Morgan fingerprint density at radius 2 is 2.09 bits per heavy atom. The summed E-state index contributed by atoms with van der Waals surface area (Å²) in [7, 11) is 1.71. The van der Waals surface area contributed by atoms with Crippen LogP contribution in [-0.4, -0.2) is 36.5 Å². The van der Waals surface area contributed by atoms with Crippen molar-refractivity contribution in [3.8, 4) is 0 Å². The van der Waals surface area contributed by atoms with E-state index in [1.807, 2.05) is 47.8 Å². The van der Waals surface area contributed by atoms with Gasteiger partial charge in [0.15, 0.2) is 6.10 Å². The van der Waals surface area contributed by atoms with Crippen molar-refractivity contribution in [2.75, 3.05) is 13.7 Å². The van der Waals surface area contributed by atoms with Crippen molar-refractivity contribution in [2.45, 2.75) is 18.7 Å². The van der Waals surface area contributed by atoms with Crippen molar-refractivity contribution in [1.82, 2.24) is 10.2 Å². The standard InChI is InChI=1S/C17H18N2O3S/c1-19-14(20)11-22-16(15(19)12-6-3-2-4-7-12)17(21)18-10-13-8-5-9-23-13/h2-9,15-16H,10-11H2,1H3,(H,18,21). The van der Waals surface area contributed by atoms with Gasteiger partial charge in [-0.3, -0.25) is 9.59 Å². The van der Waals surface area contributed by atoms with Gasteiger partial charge in [-0.2, -0.15) is 0 Å². The van der Waals surface area contributed by atoms with Crippen LogP contribution in [0.2, 0.25) is 0 Å². The molecule has 2 amide bonds. The number of likely N-dealkylation sites (N-methyl/N-ethyl adjacent to an activating group) is 1. The van der Waals surface area contributed by atoms with Crippen molar-refractivity contribution in [1.29, 1.82) is 0 Å². The van der Waals surface area contributed by atoms with Crippen LogP contribution in [0.25, 0.3) is 0 Å². The van der Waals surface area contributed by atoms with E-state index in [0.717, 1.165) is 10.4 Å². The van der Waals surface area contributed by atoms with E-state index in [4.69, 9.17) is 4.74 Å². The second-order valence-corrected chi connectivity index (χ2v) is 6.42. The molecule has 1 aliphatic heterocycles. The minimum Gasteiger partial charge on any atom is -0.356 e. The molecule has 1 fully saturated rings. The fourth-order valence-corrected chi connectivity index (χ4v) is 3.31. The van der Waals surface area contributed by atoms with Crippen molar-refractivity contribution >= 4 is 23.2 Å². The fraction of sp³-hybridized carbons (Fsp3) is 0.294. The van der Waals surface area contributed by atoms with Gasteiger partial charge in [-0.1, -0.05) is 36.4 Å². The number of thiophene rings is 1. The average molecular weight is 330 g/mol. The number of nitrogens with one attached hydrogen (secondary N) is 1. The van der Waals surface area contributed by atoms with E-state index in [9.17, 15) is 9.59 Å². The van der Waals surface area contributed by atoms with Crippen LogP contribution < -0.4 is 5.32 Å². The molecule has 2 unspecified atom stereocenters. The van der Waals surface area contributed by atoms with E-state index < -0.39 is 12.1 Å². The lowest BCUT2D eigenvalue weighted by Gasteiger charge is -2.38. The first kappa shape index (κ1) is 15.7. The van der Waals surface area contributed by atoms with Gasteiger partial charge < -0.3 is 15.0 Å². The van der Waals surface area contributed by atoms with Gasteiger partial charge in [-0.05, 0) is 17.0 Å². The molecule has 1 aliphatic rings. The summed E-state index contributed by atoms with van der Waals surface area (Å²) < 4.78 is 5.56. The number of ether oxygens (including phenoxy) is 1. The SMILES string of the molecule is CN1C(=O)COC(C(=O)NCc2cccs2)C1c1ccccc1. The zero-order valence-corrected chi connectivity index (χ0v) is 13.6. The number of hydrogen-bond donors (Lipinski definition) is 1. The molecule has 5 nitrogen and oxygen atoms in total. The van der Waals surface area contributed by atoms with Crippen molar-refractivity contribution < 1.29 is 14.3 Å². The number of carbonyl (C=O) groups excluding carboxylic acids is 2. The second-order valence-electron chi connectivity index (χ2n) is 5.39. The number of rotatable bonds is 4. The van der Waals surface area contributed by atoms with Gasteiger partial charge in [0.1, 0.15) is 6.61 Å². The lowest BCUT2D eigenvalue weighted by atomic mass is 9.97. The maximum Gasteiger partial charge on any atom is 0.251 e. The monoisotopic (exact) mass is 330 g/mol. The third-order valence-electron chi connectivity index (χ3n) is 3.90. The van der Waals surface area contributed by atoms with E-state index in [-0.39, 0.29) is 18.4 Å². The maximum atomic E-state index is 12.6. The zero-order chi connectivity index (χ0) is 16.2. The van der Waals surface area contributed by atoms with Gasteiger partial charge in [0, 0.05) is 11.9 Å². The Morgan fingerprint density at radius 3 is 2.78 bits per heavy atom. The summed E-state index contributed by atoms with van der Waals surface area (Å²) in [5.74, 6) is -0.326. The molecule has 0 bridgehead atoms. The quantitative estimate of drug-likeness (QED) is 0.932. The highest BCUT2D eigenvalue weighted by Crippen LogP contribution is 2.29. The number of carbonyl (C=O) groups is 2. The fourth-order valence-electron chi connectivity index (χ4n) is 2.67. The molecule has 23 heavy (non-hydrogen) atoms. The number of benzene rings is 1. The van der Waals surface area contributed by atoms with Crippen LogP contribution in [0.15, 0.2) is 47.8 Å². The topological polar surface area (TPSA) is 58.6 Å². The van der Waals surface area contributed by atoms with Crippen LogP contribution >= 0.6 is 11.3 Å². The highest BCUT2D eigenvalue weighted by molar-refractivity contribution is 7.09. The van der Waals surface area contributed by atoms with Crippen LogP contribution in [0, 0.1) is 0 Å². The molecule has 0 aliphatic carbocycles. The van der Waals surface area contributed by atoms with Gasteiger partial charge in [-0.25, -0.2) is 0 Å². The number of hydrogen-bond acceptors (Lipinski definition) is 4. The van der Waals surface area contributed by atoms with E-state index in [1.54, 1.807) is 23.3 Å². The largest absolute Gasteiger partial charge is 0.356 e. The summed E-state index contributed by atoms with van der Waals surface area (Å²) >= 11 is 1.59. The first-order valence-corrected chi connectivity index (χ1v) is 8.27. The smallest absolute Gasteiger partial charge is 0.251 e. The van der Waals surface area contributed by atoms with Crippen LogP contribution in [0.3, 0.4) is 0 Å². The minimum absolute atomic E-state index is 0.0725. The highest BCUT2D eigenvalue weighted by Gasteiger charge is 2.39. The van der Waals surface area contributed by atoms with Crippen molar-refractivity contribution in [3.63, 3.8) is 0 Å². The Morgan fingerprint density at radius 1 is 1.30 bits per heavy atom. The van der Waals surface area contributed by atoms with Gasteiger partial charge in [0.2, 0.25) is 5.91 Å². The number of amides is 2. The lowest BCUT2D eigenvalue weighted by Crippen LogP contribution is -2.52. The summed E-state index contributed by atoms with van der Waals surface area (Å²) in [6.45, 7) is 0.395. The number of nitrogens with zero attached hydrogens (tertiary/aromatic N) is 1. The molecule has 120 valence electrons. The molecule has 6 heteroatoms. The molecule has 1 aromatic heterocycles. The Balaban J connectivity index is 1.77. The average Bonchev–Trinajstić information content (AvgIpc) is 3.09. The summed E-state index contributed by atoms with van der Waals surface area (Å²) in [6.07, 6.45) is -0.708. The molecule has 1 saturated heterocycles. The van der Waals surface area contributed by atoms with Crippen LogP contribution in [0.1, 0.15) is 16.5 Å². The second kappa shape index (κ2) is 6.93. The van der Waals surface area contributed by atoms with Gasteiger partial charge >= 0.3 is 0 Å². The predicted octanol–water partition coefficient (Wildman–Crippen LogP) is 1.96. The Kier molecular flexibility index (Phi) is 4.73. The molecule has 2 aromatic rings. The van der Waals surface area contributed by atoms with E-state index in [0.29, 0.717) is 6.54 Å². The van der Waals surface area contributed by atoms with Crippen LogP contribution in [0.5, 0.6) is 0 Å². The van der Waals surface area contributed by atoms with E-state index in [2.05, 4.69) is 5.32 Å². The van der Waals surface area contributed by atoms with Gasteiger partial charge in [0.05, 0.1) is 12.6 Å². The Labute approximate surface area is 138 Å². The Bertz CT molecular complexity index is 672. The van der Waals surface area contributed by atoms with Crippen LogP contribution in [-0.2, 0) is 20.9 Å². The van der Waals surface area contributed by atoms with Gasteiger partial charge in [0.25, 0.3) is 5.91 Å². The maximum absolute atomic E-state index is 12.6. The predicted molar refractivity (Wildman–Crippen MR) is 87.9 cm³/mol.